The molecule has 3 rings (SSSR count). The van der Waals surface area contributed by atoms with Gasteiger partial charge in [0.15, 0.2) is 6.10 Å². The van der Waals surface area contributed by atoms with Crippen molar-refractivity contribution in [1.29, 1.82) is 0 Å². The number of nitrogens with one attached hydrogen (secondary N) is 2. The van der Waals surface area contributed by atoms with Gasteiger partial charge in [-0.25, -0.2) is 4.39 Å². The molecule has 0 spiro atoms. The molecule has 1 fully saturated rings. The Hall–Kier alpha value is -3.09. The lowest BCUT2D eigenvalue weighted by Gasteiger charge is -2.28. The molecule has 2 amide bonds. The zero-order chi connectivity index (χ0) is 21.6. The Kier molecular flexibility index (Phi) is 6.92. The van der Waals surface area contributed by atoms with E-state index in [-0.39, 0.29) is 11.7 Å². The van der Waals surface area contributed by atoms with E-state index in [0.29, 0.717) is 36.5 Å². The average Bonchev–Trinajstić information content (AvgIpc) is 3.24. The highest BCUT2D eigenvalue weighted by Crippen LogP contribution is 2.41. The quantitative estimate of drug-likeness (QED) is 0.678. The van der Waals surface area contributed by atoms with Gasteiger partial charge in [-0.1, -0.05) is 25.0 Å². The largest absolute Gasteiger partial charge is 0.494 e. The van der Waals surface area contributed by atoms with E-state index in [2.05, 4.69) is 10.9 Å². The molecule has 0 radical (unpaired) electrons. The van der Waals surface area contributed by atoms with Gasteiger partial charge in [0, 0.05) is 0 Å². The molecule has 2 aromatic carbocycles. The minimum absolute atomic E-state index is 0.341. The minimum Gasteiger partial charge on any atom is -0.494 e. The molecule has 1 unspecified atom stereocenters. The van der Waals surface area contributed by atoms with Crippen molar-refractivity contribution in [3.63, 3.8) is 0 Å². The average molecular weight is 414 g/mol. The van der Waals surface area contributed by atoms with Gasteiger partial charge in [0.05, 0.1) is 12.0 Å². The third kappa shape index (κ3) is 4.90. The molecular formula is C23H27FN2O4. The number of carbonyl (C=O) groups excluding carboxylic acids is 2. The fourth-order valence-corrected chi connectivity index (χ4v) is 3.79. The monoisotopic (exact) mass is 414 g/mol. The standard InChI is InChI=1S/C23H27FN2O4/c1-3-29-19-9-11-20(12-10-19)30-16(2)21(27)25-26-22(28)23(13-4-5-14-23)17-7-6-8-18(24)15-17/h6-12,15-16H,3-5,13-14H2,1-2H3,(H,25,27)(H,26,28). The third-order valence-corrected chi connectivity index (χ3v) is 5.39. The van der Waals surface area contributed by atoms with Crippen LogP contribution >= 0.6 is 0 Å². The van der Waals surface area contributed by atoms with Crippen LogP contribution in [0, 0.1) is 5.82 Å². The van der Waals surface area contributed by atoms with Crippen LogP contribution < -0.4 is 20.3 Å². The summed E-state index contributed by atoms with van der Waals surface area (Å²) in [5, 5.41) is 0. The van der Waals surface area contributed by atoms with Crippen molar-refractivity contribution >= 4 is 11.8 Å². The van der Waals surface area contributed by atoms with Crippen molar-refractivity contribution < 1.29 is 23.5 Å². The summed E-state index contributed by atoms with van der Waals surface area (Å²) in [6, 6.07) is 13.0. The number of ether oxygens (including phenoxy) is 2. The molecule has 0 aliphatic heterocycles. The first kappa shape index (κ1) is 21.6. The summed E-state index contributed by atoms with van der Waals surface area (Å²) >= 11 is 0. The molecule has 1 aliphatic rings. The first-order chi connectivity index (χ1) is 14.4. The van der Waals surface area contributed by atoms with Crippen LogP contribution in [0.5, 0.6) is 11.5 Å². The minimum atomic E-state index is -0.839. The summed E-state index contributed by atoms with van der Waals surface area (Å²) in [7, 11) is 0. The summed E-state index contributed by atoms with van der Waals surface area (Å²) in [5.74, 6) is 0.0257. The van der Waals surface area contributed by atoms with Crippen molar-refractivity contribution in [1.82, 2.24) is 10.9 Å². The fraction of sp³-hybridized carbons (Fsp3) is 0.391. The Bertz CT molecular complexity index is 879. The van der Waals surface area contributed by atoms with Crippen molar-refractivity contribution in [3.8, 4) is 11.5 Å². The lowest BCUT2D eigenvalue weighted by Crippen LogP contribution is -2.53. The van der Waals surface area contributed by atoms with E-state index in [9.17, 15) is 14.0 Å². The molecule has 0 bridgehead atoms. The van der Waals surface area contributed by atoms with Crippen LogP contribution in [-0.4, -0.2) is 24.5 Å². The predicted molar refractivity (Wildman–Crippen MR) is 111 cm³/mol. The van der Waals surface area contributed by atoms with E-state index in [0.717, 1.165) is 12.8 Å². The second-order valence-corrected chi connectivity index (χ2v) is 7.41. The molecule has 0 aromatic heterocycles. The van der Waals surface area contributed by atoms with Gasteiger partial charge in [-0.2, -0.15) is 0 Å². The maximum absolute atomic E-state index is 13.7. The number of benzene rings is 2. The van der Waals surface area contributed by atoms with Gasteiger partial charge in [0.25, 0.3) is 5.91 Å². The van der Waals surface area contributed by atoms with Crippen LogP contribution in [-0.2, 0) is 15.0 Å². The van der Waals surface area contributed by atoms with E-state index in [1.807, 2.05) is 6.92 Å². The summed E-state index contributed by atoms with van der Waals surface area (Å²) in [4.78, 5) is 25.4. The number of hydrazine groups is 1. The van der Waals surface area contributed by atoms with Gasteiger partial charge in [0.2, 0.25) is 5.91 Å². The van der Waals surface area contributed by atoms with E-state index in [1.54, 1.807) is 43.3 Å². The molecule has 160 valence electrons. The Labute approximate surface area is 175 Å². The summed E-state index contributed by atoms with van der Waals surface area (Å²) in [6.07, 6.45) is 2.13. The second kappa shape index (κ2) is 9.61. The third-order valence-electron chi connectivity index (χ3n) is 5.39. The van der Waals surface area contributed by atoms with Crippen molar-refractivity contribution in [2.75, 3.05) is 6.61 Å². The topological polar surface area (TPSA) is 76.7 Å². The van der Waals surface area contributed by atoms with Crippen molar-refractivity contribution in [2.24, 2.45) is 0 Å². The SMILES string of the molecule is CCOc1ccc(OC(C)C(=O)NNC(=O)C2(c3cccc(F)c3)CCCC2)cc1. The van der Waals surface area contributed by atoms with Gasteiger partial charge in [-0.05, 0) is 68.7 Å². The van der Waals surface area contributed by atoms with E-state index < -0.39 is 17.4 Å². The molecule has 2 N–H and O–H groups in total. The molecule has 2 aromatic rings. The van der Waals surface area contributed by atoms with E-state index in [1.165, 1.54) is 12.1 Å². The Morgan fingerprint density at radius 3 is 2.37 bits per heavy atom. The molecule has 1 atom stereocenters. The number of halogens is 1. The molecule has 6 nitrogen and oxygen atoms in total. The highest BCUT2D eigenvalue weighted by atomic mass is 19.1. The lowest BCUT2D eigenvalue weighted by atomic mass is 9.78. The van der Waals surface area contributed by atoms with E-state index in [4.69, 9.17) is 9.47 Å². The highest BCUT2D eigenvalue weighted by Gasteiger charge is 2.43. The predicted octanol–water partition coefficient (Wildman–Crippen LogP) is 3.65. The van der Waals surface area contributed by atoms with Gasteiger partial charge in [-0.3, -0.25) is 20.4 Å². The van der Waals surface area contributed by atoms with Gasteiger partial charge < -0.3 is 9.47 Å². The molecule has 0 heterocycles. The Morgan fingerprint density at radius 1 is 1.07 bits per heavy atom. The van der Waals surface area contributed by atoms with Crippen LogP contribution in [0.1, 0.15) is 45.1 Å². The van der Waals surface area contributed by atoms with E-state index >= 15 is 0 Å². The van der Waals surface area contributed by atoms with Gasteiger partial charge >= 0.3 is 0 Å². The van der Waals surface area contributed by atoms with Crippen molar-refractivity contribution in [3.05, 3.63) is 59.9 Å². The van der Waals surface area contributed by atoms with Crippen LogP contribution in [0.4, 0.5) is 4.39 Å². The normalized spacial score (nSPS) is 15.8. The van der Waals surface area contributed by atoms with Crippen LogP contribution in [0.25, 0.3) is 0 Å². The van der Waals surface area contributed by atoms with Gasteiger partial charge in [0.1, 0.15) is 17.3 Å². The number of hydrogen-bond donors (Lipinski definition) is 2. The molecule has 1 aliphatic carbocycles. The zero-order valence-electron chi connectivity index (χ0n) is 17.2. The molecule has 1 saturated carbocycles. The highest BCUT2D eigenvalue weighted by molar-refractivity contribution is 5.91. The summed E-state index contributed by atoms with van der Waals surface area (Å²) in [5.41, 5.74) is 4.74. The maximum Gasteiger partial charge on any atom is 0.279 e. The lowest BCUT2D eigenvalue weighted by molar-refractivity contribution is -0.135. The van der Waals surface area contributed by atoms with Gasteiger partial charge in [-0.15, -0.1) is 0 Å². The number of rotatable bonds is 7. The molecular weight excluding hydrogens is 387 g/mol. The first-order valence-electron chi connectivity index (χ1n) is 10.2. The summed E-state index contributed by atoms with van der Waals surface area (Å²) in [6.45, 7) is 4.06. The van der Waals surface area contributed by atoms with Crippen LogP contribution in [0.15, 0.2) is 48.5 Å². The summed E-state index contributed by atoms with van der Waals surface area (Å²) < 4.78 is 24.7. The van der Waals surface area contributed by atoms with Crippen molar-refractivity contribution in [2.45, 2.75) is 51.0 Å². The Balaban J connectivity index is 1.59. The number of carbonyl (C=O) groups is 2. The first-order valence-corrected chi connectivity index (χ1v) is 10.2. The molecule has 7 heteroatoms. The smallest absolute Gasteiger partial charge is 0.279 e. The molecule has 0 saturated heterocycles. The second-order valence-electron chi connectivity index (χ2n) is 7.41. The maximum atomic E-state index is 13.7. The number of amides is 2. The number of hydrogen-bond acceptors (Lipinski definition) is 4. The fourth-order valence-electron chi connectivity index (χ4n) is 3.79. The van der Waals surface area contributed by atoms with Crippen LogP contribution in [0.3, 0.4) is 0 Å². The Morgan fingerprint density at radius 2 is 1.73 bits per heavy atom. The van der Waals surface area contributed by atoms with Crippen LogP contribution in [0.2, 0.25) is 0 Å². The zero-order valence-corrected chi connectivity index (χ0v) is 17.2. The molecule has 30 heavy (non-hydrogen) atoms.